The van der Waals surface area contributed by atoms with Crippen molar-refractivity contribution < 1.29 is 24.5 Å². The average Bonchev–Trinajstić information content (AvgIpc) is 3.18. The Bertz CT molecular complexity index is 903. The van der Waals surface area contributed by atoms with Crippen LogP contribution in [0.25, 0.3) is 6.08 Å². The molecule has 2 N–H and O–H groups in total. The molecule has 0 saturated carbocycles. The summed E-state index contributed by atoms with van der Waals surface area (Å²) >= 11 is 1.57. The van der Waals surface area contributed by atoms with Crippen LogP contribution in [0.5, 0.6) is 0 Å². The third-order valence-corrected chi connectivity index (χ3v) is 7.78. The number of Topliss-reactive ketones (excluding diaryl/α,β-unsaturated/α-hetero) is 1. The van der Waals surface area contributed by atoms with Gasteiger partial charge in [0.15, 0.2) is 0 Å². The van der Waals surface area contributed by atoms with E-state index in [9.17, 15) is 19.8 Å². The number of aromatic nitrogens is 1. The molecular weight excluding hydrogens is 450 g/mol. The summed E-state index contributed by atoms with van der Waals surface area (Å²) in [7, 11) is 0. The smallest absolute Gasteiger partial charge is 0.309 e. The fraction of sp³-hybridized carbons (Fsp3) is 0.667. The summed E-state index contributed by atoms with van der Waals surface area (Å²) in [5.74, 6) is -1.33. The first-order chi connectivity index (χ1) is 15.8. The quantitative estimate of drug-likeness (QED) is 0.440. The molecule has 2 heterocycles. The number of nitrogens with zero attached hydrogens (tertiary/aromatic N) is 1. The zero-order valence-corrected chi connectivity index (χ0v) is 22.4. The van der Waals surface area contributed by atoms with Crippen molar-refractivity contribution in [2.45, 2.75) is 92.5 Å². The molecule has 6 atom stereocenters. The van der Waals surface area contributed by atoms with Gasteiger partial charge in [0.25, 0.3) is 0 Å². The van der Waals surface area contributed by atoms with E-state index in [1.807, 2.05) is 38.3 Å². The second kappa shape index (κ2) is 12.2. The van der Waals surface area contributed by atoms with Gasteiger partial charge in [-0.1, -0.05) is 46.8 Å². The SMILES string of the molecule is CC(=Cc1csc(C)n1)[C@@H]1CCC(C)CC=C[C@H](C)[C@H](O)[C@@H](C)C(=O)C(C)(C)[C@@H](O)CC(=O)O1. The predicted molar refractivity (Wildman–Crippen MR) is 136 cm³/mol. The summed E-state index contributed by atoms with van der Waals surface area (Å²) < 4.78 is 5.83. The number of ketones is 1. The molecule has 0 fully saturated rings. The molecule has 0 spiro atoms. The van der Waals surface area contributed by atoms with E-state index in [0.717, 1.165) is 29.1 Å². The van der Waals surface area contributed by atoms with E-state index in [1.165, 1.54) is 0 Å². The number of allylic oxidation sites excluding steroid dienone is 1. The van der Waals surface area contributed by atoms with Crippen molar-refractivity contribution >= 4 is 29.2 Å². The summed E-state index contributed by atoms with van der Waals surface area (Å²) in [5.41, 5.74) is 0.539. The molecule has 0 saturated heterocycles. The number of carbonyl (C=O) groups is 2. The van der Waals surface area contributed by atoms with Gasteiger partial charge in [-0.3, -0.25) is 9.59 Å². The van der Waals surface area contributed by atoms with Crippen LogP contribution in [0, 0.1) is 30.1 Å². The van der Waals surface area contributed by atoms with E-state index in [2.05, 4.69) is 18.0 Å². The molecular formula is C27H41NO5S. The van der Waals surface area contributed by atoms with Gasteiger partial charge in [0.05, 0.1) is 34.7 Å². The number of hydrogen-bond donors (Lipinski definition) is 2. The molecule has 1 unspecified atom stereocenters. The number of cyclic esters (lactones) is 1. The Labute approximate surface area is 208 Å². The predicted octanol–water partition coefficient (Wildman–Crippen LogP) is 5.12. The molecule has 1 aromatic rings. The normalized spacial score (nSPS) is 32.4. The van der Waals surface area contributed by atoms with Crippen molar-refractivity contribution in [1.82, 2.24) is 4.98 Å². The third kappa shape index (κ3) is 7.59. The van der Waals surface area contributed by atoms with E-state index in [0.29, 0.717) is 12.3 Å². The van der Waals surface area contributed by atoms with Gasteiger partial charge >= 0.3 is 5.97 Å². The van der Waals surface area contributed by atoms with Crippen molar-refractivity contribution in [3.8, 4) is 0 Å². The monoisotopic (exact) mass is 491 g/mol. The lowest BCUT2D eigenvalue weighted by Crippen LogP contribution is -2.45. The topological polar surface area (TPSA) is 96.7 Å². The summed E-state index contributed by atoms with van der Waals surface area (Å²) in [6.07, 6.45) is 5.51. The lowest BCUT2D eigenvalue weighted by Gasteiger charge is -2.34. The highest BCUT2D eigenvalue weighted by molar-refractivity contribution is 7.09. The number of esters is 1. The van der Waals surface area contributed by atoms with Gasteiger partial charge in [-0.15, -0.1) is 11.3 Å². The number of carbonyl (C=O) groups excluding carboxylic acids is 2. The summed E-state index contributed by atoms with van der Waals surface area (Å²) in [5, 5.41) is 24.5. The fourth-order valence-electron chi connectivity index (χ4n) is 4.33. The van der Waals surface area contributed by atoms with Crippen molar-refractivity contribution in [2.75, 3.05) is 0 Å². The molecule has 7 heteroatoms. The lowest BCUT2D eigenvalue weighted by atomic mass is 9.73. The Morgan fingerprint density at radius 3 is 2.50 bits per heavy atom. The molecule has 2 rings (SSSR count). The molecule has 190 valence electrons. The van der Waals surface area contributed by atoms with Gasteiger partial charge in [-0.2, -0.15) is 0 Å². The Hall–Kier alpha value is -1.83. The largest absolute Gasteiger partial charge is 0.458 e. The lowest BCUT2D eigenvalue weighted by molar-refractivity contribution is -0.154. The van der Waals surface area contributed by atoms with E-state index >= 15 is 0 Å². The molecule has 0 amide bonds. The maximum absolute atomic E-state index is 13.2. The second-order valence-electron chi connectivity index (χ2n) is 10.4. The summed E-state index contributed by atoms with van der Waals surface area (Å²) in [4.78, 5) is 30.5. The maximum atomic E-state index is 13.2. The molecule has 0 aromatic carbocycles. The van der Waals surface area contributed by atoms with Gasteiger partial charge in [-0.25, -0.2) is 4.98 Å². The van der Waals surface area contributed by atoms with Gasteiger partial charge in [-0.05, 0) is 50.7 Å². The van der Waals surface area contributed by atoms with E-state index in [4.69, 9.17) is 4.74 Å². The van der Waals surface area contributed by atoms with Crippen LogP contribution in [-0.4, -0.2) is 45.3 Å². The first-order valence-electron chi connectivity index (χ1n) is 12.2. The van der Waals surface area contributed by atoms with Crippen LogP contribution >= 0.6 is 11.3 Å². The van der Waals surface area contributed by atoms with Crippen LogP contribution in [0.1, 0.15) is 77.9 Å². The highest BCUT2D eigenvalue weighted by Crippen LogP contribution is 2.32. The maximum Gasteiger partial charge on any atom is 0.309 e. The molecule has 1 aliphatic rings. The summed E-state index contributed by atoms with van der Waals surface area (Å²) in [6, 6.07) is 0. The van der Waals surface area contributed by atoms with E-state index < -0.39 is 35.6 Å². The van der Waals surface area contributed by atoms with E-state index in [-0.39, 0.29) is 18.1 Å². The third-order valence-electron chi connectivity index (χ3n) is 6.99. The number of rotatable bonds is 2. The minimum atomic E-state index is -1.22. The van der Waals surface area contributed by atoms with Gasteiger partial charge in [0.1, 0.15) is 11.9 Å². The van der Waals surface area contributed by atoms with Gasteiger partial charge in [0.2, 0.25) is 0 Å². The van der Waals surface area contributed by atoms with Gasteiger partial charge < -0.3 is 14.9 Å². The average molecular weight is 492 g/mol. The molecule has 0 bridgehead atoms. The standard InChI is InChI=1S/C27H41NO5S/c1-16-9-8-10-17(2)25(31)19(4)26(32)27(6,7)23(29)14-24(30)33-22(12-11-16)18(3)13-21-15-34-20(5)28-21/h8,10,13,15-17,19,22-23,25,29,31H,9,11-12,14H2,1-7H3/t16?,17-,19+,22-,23-,25-/m0/s1. The number of aliphatic hydroxyl groups is 2. The van der Waals surface area contributed by atoms with Gasteiger partial charge in [0, 0.05) is 17.2 Å². The first-order valence-corrected chi connectivity index (χ1v) is 13.1. The molecule has 0 radical (unpaired) electrons. The van der Waals surface area contributed by atoms with Crippen molar-refractivity contribution in [3.05, 3.63) is 33.8 Å². The molecule has 1 aliphatic heterocycles. The number of aliphatic hydroxyl groups excluding tert-OH is 2. The Morgan fingerprint density at radius 1 is 1.21 bits per heavy atom. The number of thiazole rings is 1. The van der Waals surface area contributed by atoms with Crippen molar-refractivity contribution in [1.29, 1.82) is 0 Å². The van der Waals surface area contributed by atoms with Crippen LogP contribution < -0.4 is 0 Å². The highest BCUT2D eigenvalue weighted by atomic mass is 32.1. The van der Waals surface area contributed by atoms with Crippen molar-refractivity contribution in [2.24, 2.45) is 23.2 Å². The molecule has 6 nitrogen and oxygen atoms in total. The number of hydrogen-bond acceptors (Lipinski definition) is 7. The first kappa shape index (κ1) is 28.4. The van der Waals surface area contributed by atoms with Crippen LogP contribution in [0.15, 0.2) is 23.1 Å². The van der Waals surface area contributed by atoms with E-state index in [1.54, 1.807) is 32.1 Å². The zero-order chi connectivity index (χ0) is 25.6. The van der Waals surface area contributed by atoms with Crippen molar-refractivity contribution in [3.63, 3.8) is 0 Å². The number of ether oxygens (including phenoxy) is 1. The molecule has 0 aliphatic carbocycles. The Morgan fingerprint density at radius 2 is 1.88 bits per heavy atom. The molecule has 34 heavy (non-hydrogen) atoms. The highest BCUT2D eigenvalue weighted by Gasteiger charge is 2.42. The Balaban J connectivity index is 2.32. The minimum Gasteiger partial charge on any atom is -0.458 e. The zero-order valence-electron chi connectivity index (χ0n) is 21.6. The minimum absolute atomic E-state index is 0.198. The van der Waals surface area contributed by atoms with Crippen LogP contribution in [0.3, 0.4) is 0 Å². The van der Waals surface area contributed by atoms with Crippen LogP contribution in [0.4, 0.5) is 0 Å². The summed E-state index contributed by atoms with van der Waals surface area (Å²) in [6.45, 7) is 12.8. The Kier molecular flexibility index (Phi) is 10.2. The number of aryl methyl sites for hydroxylation is 1. The fourth-order valence-corrected chi connectivity index (χ4v) is 4.90. The van der Waals surface area contributed by atoms with Crippen LogP contribution in [-0.2, 0) is 14.3 Å². The molecule has 1 aromatic heterocycles. The second-order valence-corrected chi connectivity index (χ2v) is 11.5. The van der Waals surface area contributed by atoms with Crippen LogP contribution in [0.2, 0.25) is 0 Å².